The molecule has 6 nitrogen and oxygen atoms in total. The zero-order chi connectivity index (χ0) is 25.9. The van der Waals surface area contributed by atoms with Crippen molar-refractivity contribution in [2.24, 2.45) is 0 Å². The van der Waals surface area contributed by atoms with Gasteiger partial charge in [0.25, 0.3) is 11.7 Å². The fourth-order valence-corrected chi connectivity index (χ4v) is 4.38. The predicted molar refractivity (Wildman–Crippen MR) is 136 cm³/mol. The third kappa shape index (κ3) is 4.84. The highest BCUT2D eigenvalue weighted by Gasteiger charge is 2.46. The van der Waals surface area contributed by atoms with Crippen molar-refractivity contribution in [3.8, 4) is 11.5 Å². The van der Waals surface area contributed by atoms with Gasteiger partial charge in [-0.15, -0.1) is 0 Å². The van der Waals surface area contributed by atoms with Crippen LogP contribution in [0.4, 0.5) is 4.39 Å². The molecule has 2 heterocycles. The topological polar surface area (TPSA) is 79.7 Å². The number of amides is 1. The van der Waals surface area contributed by atoms with Crippen LogP contribution in [0.1, 0.15) is 28.4 Å². The molecule has 184 valence electrons. The Balaban J connectivity index is 1.62. The number of aryl methyl sites for hydroxylation is 1. The van der Waals surface area contributed by atoms with Gasteiger partial charge in [-0.05, 0) is 72.6 Å². The Morgan fingerprint density at radius 3 is 2.43 bits per heavy atom. The van der Waals surface area contributed by atoms with Crippen LogP contribution in [-0.2, 0) is 16.1 Å². The quantitative estimate of drug-likeness (QED) is 0.204. The molecule has 1 fully saturated rings. The van der Waals surface area contributed by atoms with E-state index >= 15 is 0 Å². The molecule has 0 aliphatic carbocycles. The van der Waals surface area contributed by atoms with Crippen LogP contribution in [0.25, 0.3) is 5.76 Å². The fraction of sp³-hybridized carbons (Fsp3) is 0.100. The molecule has 1 aromatic heterocycles. The van der Waals surface area contributed by atoms with Crippen LogP contribution in [0.3, 0.4) is 0 Å². The molecule has 1 atom stereocenters. The Labute approximate surface area is 213 Å². The molecule has 1 aliphatic heterocycles. The summed E-state index contributed by atoms with van der Waals surface area (Å²) in [5.41, 5.74) is 1.63. The number of para-hydroxylation sites is 1. The van der Waals surface area contributed by atoms with Gasteiger partial charge in [-0.1, -0.05) is 36.4 Å². The first-order valence-corrected chi connectivity index (χ1v) is 11.7. The van der Waals surface area contributed by atoms with Crippen LogP contribution < -0.4 is 4.74 Å². The number of halogens is 1. The number of aromatic nitrogens is 1. The molecular weight excluding hydrogens is 471 g/mol. The summed E-state index contributed by atoms with van der Waals surface area (Å²) in [6.45, 7) is 1.62. The Morgan fingerprint density at radius 1 is 0.946 bits per heavy atom. The number of rotatable bonds is 6. The third-order valence-electron chi connectivity index (χ3n) is 6.18. The van der Waals surface area contributed by atoms with Crippen LogP contribution in [-0.4, -0.2) is 26.7 Å². The lowest BCUT2D eigenvalue weighted by molar-refractivity contribution is -0.140. The summed E-state index contributed by atoms with van der Waals surface area (Å²) in [6, 6.07) is 24.7. The Bertz CT molecular complexity index is 1500. The average molecular weight is 495 g/mol. The standard InChI is InChI=1S/C30H23FN2O4/c1-19-16-21(13-14-25(19)31)28(34)26-27(33(30(36)29(26)35)18-22-9-5-6-15-32-22)20-8-7-12-24(17-20)37-23-10-3-2-4-11-23/h2-17,27,34H,18H2,1H3/b28-26-. The van der Waals surface area contributed by atoms with Crippen molar-refractivity contribution < 1.29 is 23.8 Å². The number of carbonyl (C=O) groups is 2. The smallest absolute Gasteiger partial charge is 0.296 e. The van der Waals surface area contributed by atoms with E-state index in [1.165, 1.54) is 23.1 Å². The maximum absolute atomic E-state index is 13.9. The molecule has 5 rings (SSSR count). The van der Waals surface area contributed by atoms with Gasteiger partial charge in [-0.3, -0.25) is 14.6 Å². The second-order valence-corrected chi connectivity index (χ2v) is 8.70. The summed E-state index contributed by atoms with van der Waals surface area (Å²) in [7, 11) is 0. The third-order valence-corrected chi connectivity index (χ3v) is 6.18. The van der Waals surface area contributed by atoms with E-state index in [0.29, 0.717) is 28.3 Å². The maximum Gasteiger partial charge on any atom is 0.296 e. The first-order valence-electron chi connectivity index (χ1n) is 11.7. The Morgan fingerprint density at radius 2 is 1.70 bits per heavy atom. The number of pyridine rings is 1. The number of hydrogen-bond acceptors (Lipinski definition) is 5. The monoisotopic (exact) mass is 494 g/mol. The minimum absolute atomic E-state index is 0.0546. The predicted octanol–water partition coefficient (Wildman–Crippen LogP) is 5.94. The van der Waals surface area contributed by atoms with Crippen LogP contribution in [0.15, 0.2) is 103 Å². The number of aliphatic hydroxyl groups is 1. The molecule has 0 radical (unpaired) electrons. The zero-order valence-corrected chi connectivity index (χ0v) is 20.0. The van der Waals surface area contributed by atoms with Gasteiger partial charge in [-0.2, -0.15) is 0 Å². The molecule has 4 aromatic rings. The highest BCUT2D eigenvalue weighted by atomic mass is 19.1. The van der Waals surface area contributed by atoms with Crippen molar-refractivity contribution in [3.05, 3.63) is 131 Å². The largest absolute Gasteiger partial charge is 0.507 e. The van der Waals surface area contributed by atoms with E-state index in [0.717, 1.165) is 0 Å². The molecule has 1 saturated heterocycles. The van der Waals surface area contributed by atoms with Gasteiger partial charge in [0, 0.05) is 11.8 Å². The number of ketones is 1. The summed E-state index contributed by atoms with van der Waals surface area (Å²) in [4.78, 5) is 32.2. The highest BCUT2D eigenvalue weighted by Crippen LogP contribution is 2.41. The number of likely N-dealkylation sites (tertiary alicyclic amines) is 1. The summed E-state index contributed by atoms with van der Waals surface area (Å²) < 4.78 is 19.9. The van der Waals surface area contributed by atoms with Crippen molar-refractivity contribution in [2.45, 2.75) is 19.5 Å². The Kier molecular flexibility index (Phi) is 6.51. The number of Topliss-reactive ketones (excluding diaryl/α,β-unsaturated/α-hetero) is 1. The number of hydrogen-bond donors (Lipinski definition) is 1. The SMILES string of the molecule is Cc1cc(/C(O)=C2/C(=O)C(=O)N(Cc3ccccn3)C2c2cccc(Oc3ccccc3)c2)ccc1F. The van der Waals surface area contributed by atoms with Crippen molar-refractivity contribution in [1.82, 2.24) is 9.88 Å². The minimum atomic E-state index is -0.910. The molecule has 0 bridgehead atoms. The van der Waals surface area contributed by atoms with Gasteiger partial charge in [0.15, 0.2) is 0 Å². The average Bonchev–Trinajstić information content (AvgIpc) is 3.16. The first-order chi connectivity index (χ1) is 17.9. The van der Waals surface area contributed by atoms with E-state index in [1.807, 2.05) is 30.3 Å². The number of ether oxygens (including phenoxy) is 1. The molecule has 0 saturated carbocycles. The number of benzene rings is 3. The van der Waals surface area contributed by atoms with E-state index in [1.54, 1.807) is 55.6 Å². The van der Waals surface area contributed by atoms with Crippen molar-refractivity contribution in [2.75, 3.05) is 0 Å². The Hall–Kier alpha value is -4.78. The summed E-state index contributed by atoms with van der Waals surface area (Å²) in [6.07, 6.45) is 1.61. The maximum atomic E-state index is 13.9. The van der Waals surface area contributed by atoms with E-state index in [2.05, 4.69) is 4.98 Å². The summed E-state index contributed by atoms with van der Waals surface area (Å²) >= 11 is 0. The van der Waals surface area contributed by atoms with E-state index in [9.17, 15) is 19.1 Å². The summed E-state index contributed by atoms with van der Waals surface area (Å²) in [5.74, 6) is -1.26. The molecule has 3 aromatic carbocycles. The molecule has 0 spiro atoms. The van der Waals surface area contributed by atoms with E-state index in [-0.39, 0.29) is 23.4 Å². The normalized spacial score (nSPS) is 16.7. The van der Waals surface area contributed by atoms with Gasteiger partial charge in [0.1, 0.15) is 23.1 Å². The molecular formula is C30H23FN2O4. The van der Waals surface area contributed by atoms with Crippen LogP contribution >= 0.6 is 0 Å². The zero-order valence-electron chi connectivity index (χ0n) is 20.0. The van der Waals surface area contributed by atoms with Crippen LogP contribution in [0.5, 0.6) is 11.5 Å². The minimum Gasteiger partial charge on any atom is -0.507 e. The summed E-state index contributed by atoms with van der Waals surface area (Å²) in [5, 5.41) is 11.3. The second kappa shape index (κ2) is 10.1. The molecule has 1 aliphatic rings. The van der Waals surface area contributed by atoms with Crippen molar-refractivity contribution in [3.63, 3.8) is 0 Å². The first kappa shape index (κ1) is 23.9. The number of carbonyl (C=O) groups excluding carboxylic acids is 2. The number of nitrogens with zero attached hydrogens (tertiary/aromatic N) is 2. The second-order valence-electron chi connectivity index (χ2n) is 8.70. The lowest BCUT2D eigenvalue weighted by Gasteiger charge is -2.25. The molecule has 37 heavy (non-hydrogen) atoms. The molecule has 7 heteroatoms. The van der Waals surface area contributed by atoms with Crippen molar-refractivity contribution >= 4 is 17.4 Å². The van der Waals surface area contributed by atoms with E-state index in [4.69, 9.17) is 4.74 Å². The lowest BCUT2D eigenvalue weighted by Crippen LogP contribution is -2.29. The lowest BCUT2D eigenvalue weighted by atomic mass is 9.94. The van der Waals surface area contributed by atoms with E-state index < -0.39 is 23.5 Å². The van der Waals surface area contributed by atoms with Gasteiger partial charge in [0.05, 0.1) is 23.9 Å². The van der Waals surface area contributed by atoms with Gasteiger partial charge >= 0.3 is 0 Å². The van der Waals surface area contributed by atoms with Gasteiger partial charge < -0.3 is 14.7 Å². The molecule has 1 amide bonds. The molecule has 1 unspecified atom stereocenters. The highest BCUT2D eigenvalue weighted by molar-refractivity contribution is 6.46. The molecule has 1 N–H and O–H groups in total. The fourth-order valence-electron chi connectivity index (χ4n) is 4.38. The van der Waals surface area contributed by atoms with Gasteiger partial charge in [-0.25, -0.2) is 4.39 Å². The van der Waals surface area contributed by atoms with Crippen LogP contribution in [0, 0.1) is 12.7 Å². The van der Waals surface area contributed by atoms with Crippen molar-refractivity contribution in [1.29, 1.82) is 0 Å². The van der Waals surface area contributed by atoms with Crippen LogP contribution in [0.2, 0.25) is 0 Å². The number of aliphatic hydroxyl groups excluding tert-OH is 1. The van der Waals surface area contributed by atoms with Gasteiger partial charge in [0.2, 0.25) is 0 Å².